The molecule has 0 saturated heterocycles. The maximum absolute atomic E-state index is 12.4. The Kier molecular flexibility index (Phi) is 4.24. The van der Waals surface area contributed by atoms with E-state index in [1.807, 2.05) is 6.92 Å². The Balaban J connectivity index is 2.15. The maximum Gasteiger partial charge on any atom is 0.254 e. The number of aromatic nitrogens is 2. The summed E-state index contributed by atoms with van der Waals surface area (Å²) in [5.74, 6) is 0.493. The Labute approximate surface area is 117 Å². The second-order valence-corrected chi connectivity index (χ2v) is 4.49. The summed E-state index contributed by atoms with van der Waals surface area (Å²) in [7, 11) is 1.73. The molecule has 6 heteroatoms. The van der Waals surface area contributed by atoms with Crippen molar-refractivity contribution in [1.82, 2.24) is 15.1 Å². The second-order valence-electron chi connectivity index (χ2n) is 4.49. The topological polar surface area (TPSA) is 84.2 Å². The zero-order chi connectivity index (χ0) is 14.5. The molecule has 20 heavy (non-hydrogen) atoms. The average molecular weight is 274 g/mol. The van der Waals surface area contributed by atoms with Gasteiger partial charge in [-0.3, -0.25) is 9.89 Å². The van der Waals surface area contributed by atoms with Gasteiger partial charge < -0.3 is 15.4 Å². The molecule has 0 saturated carbocycles. The van der Waals surface area contributed by atoms with E-state index in [-0.39, 0.29) is 5.91 Å². The molecule has 1 aromatic heterocycles. The highest BCUT2D eigenvalue weighted by atomic mass is 16.5. The van der Waals surface area contributed by atoms with Gasteiger partial charge in [-0.15, -0.1) is 0 Å². The predicted octanol–water partition coefficient (Wildman–Crippen LogP) is 1.66. The zero-order valence-corrected chi connectivity index (χ0v) is 11.6. The monoisotopic (exact) mass is 274 g/mol. The molecule has 0 unspecified atom stereocenters. The van der Waals surface area contributed by atoms with Crippen molar-refractivity contribution in [3.63, 3.8) is 0 Å². The van der Waals surface area contributed by atoms with E-state index in [2.05, 4.69) is 10.2 Å². The molecule has 0 radical (unpaired) electrons. The molecular formula is C14H18N4O2. The van der Waals surface area contributed by atoms with Crippen molar-refractivity contribution in [1.29, 1.82) is 0 Å². The van der Waals surface area contributed by atoms with E-state index in [0.717, 1.165) is 5.56 Å². The Hall–Kier alpha value is -2.50. The molecule has 0 bridgehead atoms. The van der Waals surface area contributed by atoms with Gasteiger partial charge in [0.05, 0.1) is 12.8 Å². The van der Waals surface area contributed by atoms with Crippen LogP contribution in [0.5, 0.6) is 5.75 Å². The van der Waals surface area contributed by atoms with E-state index >= 15 is 0 Å². The number of nitrogen functional groups attached to an aromatic ring is 1. The number of benzene rings is 1. The minimum atomic E-state index is -0.112. The van der Waals surface area contributed by atoms with Crippen molar-refractivity contribution in [2.75, 3.05) is 19.4 Å². The number of amides is 1. The summed E-state index contributed by atoms with van der Waals surface area (Å²) in [6.45, 7) is 2.89. The summed E-state index contributed by atoms with van der Waals surface area (Å²) < 4.78 is 5.40. The van der Waals surface area contributed by atoms with E-state index in [4.69, 9.17) is 10.5 Å². The molecule has 0 aliphatic carbocycles. The number of ether oxygens (including phenoxy) is 1. The van der Waals surface area contributed by atoms with Crippen LogP contribution in [0.1, 0.15) is 22.8 Å². The third kappa shape index (κ3) is 3.28. The lowest BCUT2D eigenvalue weighted by Gasteiger charge is -2.17. The summed E-state index contributed by atoms with van der Waals surface area (Å²) in [6, 6.07) is 5.06. The molecule has 106 valence electrons. The lowest BCUT2D eigenvalue weighted by Crippen LogP contribution is -2.26. The number of H-pyrrole nitrogens is 1. The normalized spacial score (nSPS) is 10.3. The van der Waals surface area contributed by atoms with Gasteiger partial charge in [0.25, 0.3) is 5.91 Å². The SMILES string of the molecule is CCOc1cc(N)cc(C(=O)N(C)Cc2cn[nH]c2)c1. The van der Waals surface area contributed by atoms with Crippen molar-refractivity contribution in [3.8, 4) is 5.75 Å². The third-order valence-corrected chi connectivity index (χ3v) is 2.81. The number of hydrogen-bond acceptors (Lipinski definition) is 4. The van der Waals surface area contributed by atoms with Gasteiger partial charge in [-0.2, -0.15) is 5.10 Å². The van der Waals surface area contributed by atoms with Crippen LogP contribution >= 0.6 is 0 Å². The van der Waals surface area contributed by atoms with E-state index in [1.165, 1.54) is 0 Å². The lowest BCUT2D eigenvalue weighted by atomic mass is 10.1. The molecule has 2 aromatic rings. The summed E-state index contributed by atoms with van der Waals surface area (Å²) in [4.78, 5) is 14.0. The Morgan fingerprint density at radius 2 is 2.25 bits per heavy atom. The van der Waals surface area contributed by atoms with E-state index < -0.39 is 0 Å². The fourth-order valence-corrected chi connectivity index (χ4v) is 1.93. The summed E-state index contributed by atoms with van der Waals surface area (Å²) >= 11 is 0. The van der Waals surface area contributed by atoms with Crippen LogP contribution in [0.2, 0.25) is 0 Å². The number of carbonyl (C=O) groups excluding carboxylic acids is 1. The van der Waals surface area contributed by atoms with Crippen molar-refractivity contribution in [2.24, 2.45) is 0 Å². The molecular weight excluding hydrogens is 256 g/mol. The Morgan fingerprint density at radius 3 is 2.90 bits per heavy atom. The van der Waals surface area contributed by atoms with Crippen LogP contribution in [0.25, 0.3) is 0 Å². The molecule has 0 spiro atoms. The molecule has 1 aromatic carbocycles. The first-order valence-electron chi connectivity index (χ1n) is 6.36. The highest BCUT2D eigenvalue weighted by molar-refractivity contribution is 5.95. The van der Waals surface area contributed by atoms with Gasteiger partial charge in [0.15, 0.2) is 0 Å². The summed E-state index contributed by atoms with van der Waals surface area (Å²) in [5.41, 5.74) is 7.76. The molecule has 0 aliphatic rings. The molecule has 2 rings (SSSR count). The number of anilines is 1. The molecule has 0 aliphatic heterocycles. The lowest BCUT2D eigenvalue weighted by molar-refractivity contribution is 0.0784. The summed E-state index contributed by atoms with van der Waals surface area (Å²) in [5, 5.41) is 6.58. The van der Waals surface area contributed by atoms with Crippen LogP contribution in [-0.4, -0.2) is 34.7 Å². The quantitative estimate of drug-likeness (QED) is 0.812. The largest absolute Gasteiger partial charge is 0.494 e. The first-order valence-corrected chi connectivity index (χ1v) is 6.36. The predicted molar refractivity (Wildman–Crippen MR) is 76.4 cm³/mol. The van der Waals surface area contributed by atoms with Gasteiger partial charge >= 0.3 is 0 Å². The fraction of sp³-hybridized carbons (Fsp3) is 0.286. The first kappa shape index (κ1) is 13.9. The highest BCUT2D eigenvalue weighted by Crippen LogP contribution is 2.20. The van der Waals surface area contributed by atoms with Crippen molar-refractivity contribution >= 4 is 11.6 Å². The number of carbonyl (C=O) groups is 1. The van der Waals surface area contributed by atoms with Crippen LogP contribution < -0.4 is 10.5 Å². The molecule has 1 amide bonds. The van der Waals surface area contributed by atoms with Crippen LogP contribution in [0.15, 0.2) is 30.6 Å². The van der Waals surface area contributed by atoms with Crippen LogP contribution in [0.4, 0.5) is 5.69 Å². The van der Waals surface area contributed by atoms with E-state index in [1.54, 1.807) is 42.5 Å². The van der Waals surface area contributed by atoms with Crippen LogP contribution in [0.3, 0.4) is 0 Å². The van der Waals surface area contributed by atoms with Gasteiger partial charge in [0.2, 0.25) is 0 Å². The number of nitrogens with two attached hydrogens (primary N) is 1. The third-order valence-electron chi connectivity index (χ3n) is 2.81. The first-order chi connectivity index (χ1) is 9.60. The standard InChI is InChI=1S/C14H18N4O2/c1-3-20-13-5-11(4-12(15)6-13)14(19)18(2)9-10-7-16-17-8-10/h4-8H,3,9,15H2,1-2H3,(H,16,17). The number of aromatic amines is 1. The minimum Gasteiger partial charge on any atom is -0.494 e. The summed E-state index contributed by atoms with van der Waals surface area (Å²) in [6.07, 6.45) is 3.45. The molecule has 3 N–H and O–H groups in total. The fourth-order valence-electron chi connectivity index (χ4n) is 1.93. The van der Waals surface area contributed by atoms with Gasteiger partial charge in [-0.05, 0) is 19.1 Å². The molecule has 0 fully saturated rings. The minimum absolute atomic E-state index is 0.112. The molecule has 0 atom stereocenters. The van der Waals surface area contributed by atoms with Crippen LogP contribution in [0, 0.1) is 0 Å². The number of hydrogen-bond donors (Lipinski definition) is 2. The zero-order valence-electron chi connectivity index (χ0n) is 11.6. The van der Waals surface area contributed by atoms with E-state index in [0.29, 0.717) is 30.2 Å². The maximum atomic E-state index is 12.4. The van der Waals surface area contributed by atoms with Crippen molar-refractivity contribution in [3.05, 3.63) is 41.7 Å². The van der Waals surface area contributed by atoms with Crippen molar-refractivity contribution in [2.45, 2.75) is 13.5 Å². The molecule has 1 heterocycles. The van der Waals surface area contributed by atoms with Crippen LogP contribution in [-0.2, 0) is 6.54 Å². The van der Waals surface area contributed by atoms with Gasteiger partial charge in [-0.25, -0.2) is 0 Å². The second kappa shape index (κ2) is 6.10. The highest BCUT2D eigenvalue weighted by Gasteiger charge is 2.14. The smallest absolute Gasteiger partial charge is 0.254 e. The number of rotatable bonds is 5. The average Bonchev–Trinajstić information content (AvgIpc) is 2.90. The number of nitrogens with zero attached hydrogens (tertiary/aromatic N) is 2. The van der Waals surface area contributed by atoms with Gasteiger partial charge in [-0.1, -0.05) is 0 Å². The van der Waals surface area contributed by atoms with Crippen molar-refractivity contribution < 1.29 is 9.53 Å². The van der Waals surface area contributed by atoms with E-state index in [9.17, 15) is 4.79 Å². The van der Waals surface area contributed by atoms with Gasteiger partial charge in [0.1, 0.15) is 5.75 Å². The Morgan fingerprint density at radius 1 is 1.45 bits per heavy atom. The van der Waals surface area contributed by atoms with Gasteiger partial charge in [0, 0.05) is 42.7 Å². The Bertz CT molecular complexity index is 581. The number of nitrogens with one attached hydrogen (secondary N) is 1. The molecule has 6 nitrogen and oxygen atoms in total.